The summed E-state index contributed by atoms with van der Waals surface area (Å²) in [5.41, 5.74) is 5.65. The summed E-state index contributed by atoms with van der Waals surface area (Å²) in [5.74, 6) is -0.0606. The van der Waals surface area contributed by atoms with Crippen LogP contribution in [-0.2, 0) is 9.53 Å². The Morgan fingerprint density at radius 1 is 1.64 bits per heavy atom. The minimum absolute atomic E-state index is 0.0606. The van der Waals surface area contributed by atoms with E-state index in [4.69, 9.17) is 10.5 Å². The summed E-state index contributed by atoms with van der Waals surface area (Å²) in [6.07, 6.45) is 5.77. The molecule has 1 fully saturated rings. The third kappa shape index (κ3) is 2.27. The van der Waals surface area contributed by atoms with Crippen LogP contribution < -0.4 is 5.73 Å². The monoisotopic (exact) mass is 199 g/mol. The van der Waals surface area contributed by atoms with Crippen molar-refractivity contribution in [1.82, 2.24) is 0 Å². The lowest BCUT2D eigenvalue weighted by molar-refractivity contribution is -0.155. The topological polar surface area (TPSA) is 52.3 Å². The number of nitrogens with two attached hydrogens (primary N) is 1. The van der Waals surface area contributed by atoms with Crippen LogP contribution in [0.1, 0.15) is 45.4 Å². The summed E-state index contributed by atoms with van der Waals surface area (Å²) in [7, 11) is 1.47. The quantitative estimate of drug-likeness (QED) is 0.706. The Morgan fingerprint density at radius 2 is 2.36 bits per heavy atom. The van der Waals surface area contributed by atoms with Crippen molar-refractivity contribution in [3.63, 3.8) is 0 Å². The van der Waals surface area contributed by atoms with Crippen molar-refractivity contribution in [2.45, 2.75) is 51.5 Å². The second kappa shape index (κ2) is 4.78. The molecule has 1 rings (SSSR count). The van der Waals surface area contributed by atoms with Crippen LogP contribution in [0.3, 0.4) is 0 Å². The van der Waals surface area contributed by atoms with Gasteiger partial charge in [-0.05, 0) is 25.7 Å². The van der Waals surface area contributed by atoms with Crippen LogP contribution in [0.4, 0.5) is 0 Å². The molecule has 2 N–H and O–H groups in total. The molecule has 2 atom stereocenters. The number of esters is 1. The van der Waals surface area contributed by atoms with Crippen LogP contribution in [0.15, 0.2) is 0 Å². The first-order chi connectivity index (χ1) is 6.64. The lowest BCUT2D eigenvalue weighted by atomic mass is 9.69. The molecule has 3 heteroatoms. The van der Waals surface area contributed by atoms with E-state index in [-0.39, 0.29) is 17.4 Å². The molecule has 0 saturated heterocycles. The van der Waals surface area contributed by atoms with Gasteiger partial charge in [0, 0.05) is 6.04 Å². The van der Waals surface area contributed by atoms with Gasteiger partial charge in [0.25, 0.3) is 0 Å². The van der Waals surface area contributed by atoms with Crippen LogP contribution in [0, 0.1) is 5.41 Å². The second-order valence-corrected chi connectivity index (χ2v) is 4.38. The van der Waals surface area contributed by atoms with Gasteiger partial charge in [-0.1, -0.05) is 19.8 Å². The maximum atomic E-state index is 11.7. The number of hydrogen-bond donors (Lipinski definition) is 1. The van der Waals surface area contributed by atoms with Gasteiger partial charge in [-0.15, -0.1) is 0 Å². The first-order valence-corrected chi connectivity index (χ1v) is 5.48. The van der Waals surface area contributed by atoms with E-state index in [2.05, 4.69) is 6.92 Å². The van der Waals surface area contributed by atoms with Gasteiger partial charge >= 0.3 is 5.97 Å². The summed E-state index contributed by atoms with van der Waals surface area (Å²) < 4.78 is 4.90. The molecule has 1 aliphatic rings. The maximum Gasteiger partial charge on any atom is 0.311 e. The molecule has 0 aliphatic heterocycles. The highest BCUT2D eigenvalue weighted by molar-refractivity contribution is 5.76. The Bertz CT molecular complexity index is 201. The molecule has 0 radical (unpaired) electrons. The third-order valence-corrected chi connectivity index (χ3v) is 3.23. The molecule has 2 unspecified atom stereocenters. The van der Waals surface area contributed by atoms with Gasteiger partial charge in [0.2, 0.25) is 0 Å². The molecule has 0 aromatic rings. The largest absolute Gasteiger partial charge is 0.469 e. The predicted molar refractivity (Wildman–Crippen MR) is 55.8 cm³/mol. The maximum absolute atomic E-state index is 11.7. The highest BCUT2D eigenvalue weighted by Gasteiger charge is 2.41. The van der Waals surface area contributed by atoms with Crippen molar-refractivity contribution in [3.8, 4) is 0 Å². The summed E-state index contributed by atoms with van der Waals surface area (Å²) in [4.78, 5) is 11.7. The van der Waals surface area contributed by atoms with Gasteiger partial charge in [-0.3, -0.25) is 4.79 Å². The molecule has 0 spiro atoms. The average Bonchev–Trinajstić information content (AvgIpc) is 2.17. The van der Waals surface area contributed by atoms with Gasteiger partial charge in [-0.2, -0.15) is 0 Å². The molecule has 0 heterocycles. The molecule has 82 valence electrons. The summed E-state index contributed by atoms with van der Waals surface area (Å²) in [5, 5.41) is 0. The van der Waals surface area contributed by atoms with Crippen molar-refractivity contribution in [1.29, 1.82) is 0 Å². The Labute approximate surface area is 86.0 Å². The molecule has 1 aliphatic carbocycles. The van der Waals surface area contributed by atoms with Crippen molar-refractivity contribution < 1.29 is 9.53 Å². The highest BCUT2D eigenvalue weighted by Crippen LogP contribution is 2.40. The Morgan fingerprint density at radius 3 is 2.86 bits per heavy atom. The van der Waals surface area contributed by atoms with E-state index in [0.29, 0.717) is 0 Å². The number of hydrogen-bond acceptors (Lipinski definition) is 3. The van der Waals surface area contributed by atoms with E-state index in [0.717, 1.165) is 38.5 Å². The molecule has 0 aromatic heterocycles. The van der Waals surface area contributed by atoms with E-state index >= 15 is 0 Å². The molecule has 14 heavy (non-hydrogen) atoms. The highest BCUT2D eigenvalue weighted by atomic mass is 16.5. The first-order valence-electron chi connectivity index (χ1n) is 5.48. The summed E-state index contributed by atoms with van der Waals surface area (Å²) >= 11 is 0. The fraction of sp³-hybridized carbons (Fsp3) is 0.909. The van der Waals surface area contributed by atoms with Crippen molar-refractivity contribution in [3.05, 3.63) is 0 Å². The lowest BCUT2D eigenvalue weighted by Gasteiger charge is -2.37. The zero-order valence-corrected chi connectivity index (χ0v) is 9.21. The van der Waals surface area contributed by atoms with E-state index < -0.39 is 0 Å². The minimum Gasteiger partial charge on any atom is -0.469 e. The molecule has 1 saturated carbocycles. The van der Waals surface area contributed by atoms with E-state index in [1.807, 2.05) is 0 Å². The lowest BCUT2D eigenvalue weighted by Crippen LogP contribution is -2.42. The number of carbonyl (C=O) groups is 1. The van der Waals surface area contributed by atoms with Gasteiger partial charge in [-0.25, -0.2) is 0 Å². The standard InChI is InChI=1S/C11H21NO2/c1-3-6-11(10(13)14-2)7-4-5-9(12)8-11/h9H,3-8,12H2,1-2H3. The summed E-state index contributed by atoms with van der Waals surface area (Å²) in [6, 6.07) is 0.175. The molecule has 0 bridgehead atoms. The van der Waals surface area contributed by atoms with Crippen LogP contribution in [0.5, 0.6) is 0 Å². The predicted octanol–water partition coefficient (Wildman–Crippen LogP) is 1.85. The minimum atomic E-state index is -0.277. The van der Waals surface area contributed by atoms with Gasteiger partial charge < -0.3 is 10.5 Å². The number of carbonyl (C=O) groups excluding carboxylic acids is 1. The fourth-order valence-electron chi connectivity index (χ4n) is 2.62. The van der Waals surface area contributed by atoms with Gasteiger partial charge in [0.1, 0.15) is 0 Å². The zero-order valence-electron chi connectivity index (χ0n) is 9.21. The number of ether oxygens (including phenoxy) is 1. The van der Waals surface area contributed by atoms with E-state index in [9.17, 15) is 4.79 Å². The zero-order chi connectivity index (χ0) is 10.6. The average molecular weight is 199 g/mol. The smallest absolute Gasteiger partial charge is 0.311 e. The van der Waals surface area contributed by atoms with Crippen LogP contribution in [0.2, 0.25) is 0 Å². The molecule has 0 amide bonds. The van der Waals surface area contributed by atoms with Crippen molar-refractivity contribution in [2.75, 3.05) is 7.11 Å². The van der Waals surface area contributed by atoms with E-state index in [1.54, 1.807) is 0 Å². The Balaban J connectivity index is 2.74. The molecule has 0 aromatic carbocycles. The number of methoxy groups -OCH3 is 1. The Kier molecular flexibility index (Phi) is 3.93. The third-order valence-electron chi connectivity index (χ3n) is 3.23. The second-order valence-electron chi connectivity index (χ2n) is 4.38. The fourth-order valence-corrected chi connectivity index (χ4v) is 2.62. The van der Waals surface area contributed by atoms with Gasteiger partial charge in [0.05, 0.1) is 12.5 Å². The Hall–Kier alpha value is -0.570. The molecular weight excluding hydrogens is 178 g/mol. The van der Waals surface area contributed by atoms with Crippen LogP contribution in [-0.4, -0.2) is 19.1 Å². The van der Waals surface area contributed by atoms with Crippen LogP contribution in [0.25, 0.3) is 0 Å². The first kappa shape index (κ1) is 11.5. The van der Waals surface area contributed by atoms with Crippen molar-refractivity contribution >= 4 is 5.97 Å². The normalized spacial score (nSPS) is 32.6. The van der Waals surface area contributed by atoms with Crippen molar-refractivity contribution in [2.24, 2.45) is 11.1 Å². The van der Waals surface area contributed by atoms with E-state index in [1.165, 1.54) is 7.11 Å². The SMILES string of the molecule is CCCC1(C(=O)OC)CCCC(N)C1. The van der Waals surface area contributed by atoms with Gasteiger partial charge in [0.15, 0.2) is 0 Å². The molecular formula is C11H21NO2. The van der Waals surface area contributed by atoms with Crippen LogP contribution >= 0.6 is 0 Å². The molecule has 3 nitrogen and oxygen atoms in total. The number of rotatable bonds is 3. The summed E-state index contributed by atoms with van der Waals surface area (Å²) in [6.45, 7) is 2.10.